The lowest BCUT2D eigenvalue weighted by molar-refractivity contribution is -0.258. The molecule has 1 aromatic rings. The molecule has 0 spiro atoms. The quantitative estimate of drug-likeness (QED) is 0.772. The van der Waals surface area contributed by atoms with Crippen LogP contribution in [-0.4, -0.2) is 25.0 Å². The number of hydrogen-bond acceptors (Lipinski definition) is 6. The highest BCUT2D eigenvalue weighted by Crippen LogP contribution is 2.86. The van der Waals surface area contributed by atoms with E-state index >= 15 is 0 Å². The Morgan fingerprint density at radius 2 is 1.65 bits per heavy atom. The second-order valence-corrected chi connectivity index (χ2v) is 6.87. The number of amidine groups is 1. The molecule has 2 aliphatic rings. The van der Waals surface area contributed by atoms with Crippen molar-refractivity contribution in [1.82, 2.24) is 0 Å². The van der Waals surface area contributed by atoms with Crippen LogP contribution in [0.1, 0.15) is 32.8 Å². The Bertz CT molecular complexity index is 835. The zero-order valence-electron chi connectivity index (χ0n) is 15.0. The maximum Gasteiger partial charge on any atom is 0.293 e. The molecule has 0 unspecified atom stereocenters. The summed E-state index contributed by atoms with van der Waals surface area (Å²) in [6.07, 6.45) is 0.494. The molecule has 1 aromatic carbocycles. The van der Waals surface area contributed by atoms with Crippen molar-refractivity contribution < 1.29 is 9.47 Å². The fraction of sp³-hybridized carbons (Fsp3) is 0.526. The molecule has 3 rings (SSSR count). The monoisotopic (exact) mass is 372 g/mol. The van der Waals surface area contributed by atoms with Gasteiger partial charge in [0, 0.05) is 18.2 Å². The zero-order valence-corrected chi connectivity index (χ0v) is 15.8. The molecule has 2 N–H and O–H groups in total. The second-order valence-electron chi connectivity index (χ2n) is 6.43. The highest BCUT2D eigenvalue weighted by Gasteiger charge is 3.00. The standard InChI is InChI=1S/C19H21ClN4O2/c1-4-16(13-7-9-14(20)10-8-13)17(11-21)15(23)24-19(25-5-2,26-6-3)18(16,17)12-22/h7-10H,4-6H2,1-3H3,(H2,23,24)/t16-,17+,18-/m1/s1. The van der Waals surface area contributed by atoms with E-state index in [1.807, 2.05) is 19.1 Å². The summed E-state index contributed by atoms with van der Waals surface area (Å²) < 4.78 is 11.8. The fourth-order valence-corrected chi connectivity index (χ4v) is 5.10. The number of nitriles is 2. The van der Waals surface area contributed by atoms with E-state index in [9.17, 15) is 10.5 Å². The predicted octanol–water partition coefficient (Wildman–Crippen LogP) is 3.12. The van der Waals surface area contributed by atoms with Crippen molar-refractivity contribution in [3.05, 3.63) is 34.9 Å². The van der Waals surface area contributed by atoms with Crippen molar-refractivity contribution in [2.24, 2.45) is 21.6 Å². The SMILES string of the molecule is CCOC1(OCC)N=C(N)[C@@]2(C#N)[C@@](CC)(c3ccc(Cl)cc3)[C@@]12C#N. The van der Waals surface area contributed by atoms with Crippen LogP contribution in [0.5, 0.6) is 0 Å². The van der Waals surface area contributed by atoms with Gasteiger partial charge in [0.05, 0.1) is 17.6 Å². The molecule has 1 aliphatic carbocycles. The molecular weight excluding hydrogens is 352 g/mol. The molecule has 26 heavy (non-hydrogen) atoms. The maximum atomic E-state index is 10.3. The van der Waals surface area contributed by atoms with Crippen LogP contribution in [0.2, 0.25) is 5.02 Å². The first-order valence-electron chi connectivity index (χ1n) is 8.65. The van der Waals surface area contributed by atoms with E-state index in [-0.39, 0.29) is 19.0 Å². The number of halogens is 1. The lowest BCUT2D eigenvalue weighted by atomic mass is 9.80. The molecular formula is C19H21ClN4O2. The van der Waals surface area contributed by atoms with Crippen molar-refractivity contribution >= 4 is 17.4 Å². The van der Waals surface area contributed by atoms with Crippen molar-refractivity contribution in [2.45, 2.75) is 38.5 Å². The Morgan fingerprint density at radius 3 is 2.08 bits per heavy atom. The number of rotatable bonds is 6. The third kappa shape index (κ3) is 1.66. The van der Waals surface area contributed by atoms with Gasteiger partial charge in [-0.25, -0.2) is 4.99 Å². The molecule has 1 aliphatic heterocycles. The van der Waals surface area contributed by atoms with E-state index in [4.69, 9.17) is 26.8 Å². The molecule has 3 atom stereocenters. The number of hydrogen-bond donors (Lipinski definition) is 1. The average Bonchev–Trinajstić information content (AvgIpc) is 3.13. The Labute approximate surface area is 158 Å². The van der Waals surface area contributed by atoms with Gasteiger partial charge in [0.15, 0.2) is 10.8 Å². The van der Waals surface area contributed by atoms with Gasteiger partial charge < -0.3 is 15.2 Å². The van der Waals surface area contributed by atoms with Gasteiger partial charge in [0.25, 0.3) is 5.91 Å². The Kier molecular flexibility index (Phi) is 4.28. The van der Waals surface area contributed by atoms with E-state index < -0.39 is 22.2 Å². The number of fused-ring (bicyclic) bond motifs is 1. The molecule has 0 aromatic heterocycles. The number of ether oxygens (including phenoxy) is 2. The van der Waals surface area contributed by atoms with Crippen LogP contribution in [0.25, 0.3) is 0 Å². The van der Waals surface area contributed by atoms with Gasteiger partial charge in [-0.3, -0.25) is 0 Å². The van der Waals surface area contributed by atoms with Gasteiger partial charge in [0.1, 0.15) is 5.84 Å². The van der Waals surface area contributed by atoms with Gasteiger partial charge in [-0.2, -0.15) is 10.5 Å². The van der Waals surface area contributed by atoms with Crippen LogP contribution in [0.15, 0.2) is 29.3 Å². The molecule has 7 heteroatoms. The Morgan fingerprint density at radius 1 is 1.08 bits per heavy atom. The maximum absolute atomic E-state index is 10.3. The topological polar surface area (TPSA) is 104 Å². The van der Waals surface area contributed by atoms with Crippen LogP contribution in [0, 0.1) is 33.5 Å². The minimum atomic E-state index is -1.61. The average molecular weight is 373 g/mol. The molecule has 136 valence electrons. The molecule has 0 saturated heterocycles. The first kappa shape index (κ1) is 18.7. The summed E-state index contributed by atoms with van der Waals surface area (Å²) in [5, 5.41) is 21.1. The molecule has 0 amide bonds. The van der Waals surface area contributed by atoms with E-state index in [0.29, 0.717) is 11.4 Å². The van der Waals surface area contributed by atoms with Gasteiger partial charge in [-0.15, -0.1) is 0 Å². The normalized spacial score (nSPS) is 33.7. The van der Waals surface area contributed by atoms with Crippen LogP contribution < -0.4 is 5.73 Å². The van der Waals surface area contributed by atoms with E-state index in [1.54, 1.807) is 26.0 Å². The highest BCUT2D eigenvalue weighted by atomic mass is 35.5. The van der Waals surface area contributed by atoms with E-state index in [2.05, 4.69) is 17.1 Å². The summed E-state index contributed by atoms with van der Waals surface area (Å²) in [6, 6.07) is 11.8. The van der Waals surface area contributed by atoms with E-state index in [0.717, 1.165) is 5.56 Å². The van der Waals surface area contributed by atoms with Crippen molar-refractivity contribution in [1.29, 1.82) is 10.5 Å². The summed E-state index contributed by atoms with van der Waals surface area (Å²) in [7, 11) is 0. The number of nitrogens with two attached hydrogens (primary N) is 1. The number of nitrogens with zero attached hydrogens (tertiary/aromatic N) is 3. The predicted molar refractivity (Wildman–Crippen MR) is 97.1 cm³/mol. The number of aliphatic imine (C=N–C) groups is 1. The largest absolute Gasteiger partial charge is 0.386 e. The molecule has 0 bridgehead atoms. The molecule has 1 heterocycles. The summed E-state index contributed by atoms with van der Waals surface area (Å²) in [6.45, 7) is 6.05. The summed E-state index contributed by atoms with van der Waals surface area (Å²) in [5.41, 5.74) is 3.48. The van der Waals surface area contributed by atoms with Crippen LogP contribution >= 0.6 is 11.6 Å². The first-order chi connectivity index (χ1) is 12.4. The summed E-state index contributed by atoms with van der Waals surface area (Å²) >= 11 is 6.04. The second kappa shape index (κ2) is 5.96. The third-order valence-corrected chi connectivity index (χ3v) is 6.04. The Balaban J connectivity index is 2.35. The van der Waals surface area contributed by atoms with Gasteiger partial charge in [-0.05, 0) is 38.0 Å². The molecule has 1 saturated carbocycles. The lowest BCUT2D eigenvalue weighted by Crippen LogP contribution is -2.46. The third-order valence-electron chi connectivity index (χ3n) is 5.79. The fourth-order valence-electron chi connectivity index (χ4n) is 4.97. The van der Waals surface area contributed by atoms with E-state index in [1.165, 1.54) is 0 Å². The summed E-state index contributed by atoms with van der Waals surface area (Å²) in [4.78, 5) is 4.38. The van der Waals surface area contributed by atoms with Crippen molar-refractivity contribution in [3.8, 4) is 12.1 Å². The molecule has 0 radical (unpaired) electrons. The smallest absolute Gasteiger partial charge is 0.293 e. The minimum absolute atomic E-state index is 0.0836. The van der Waals surface area contributed by atoms with Gasteiger partial charge >= 0.3 is 0 Å². The van der Waals surface area contributed by atoms with Gasteiger partial charge in [-0.1, -0.05) is 30.7 Å². The zero-order chi connectivity index (χ0) is 19.2. The van der Waals surface area contributed by atoms with Crippen molar-refractivity contribution in [2.75, 3.05) is 13.2 Å². The van der Waals surface area contributed by atoms with Crippen molar-refractivity contribution in [3.63, 3.8) is 0 Å². The first-order valence-corrected chi connectivity index (χ1v) is 9.03. The highest BCUT2D eigenvalue weighted by molar-refractivity contribution is 6.30. The van der Waals surface area contributed by atoms with Crippen LogP contribution in [0.3, 0.4) is 0 Å². The van der Waals surface area contributed by atoms with Gasteiger partial charge in [0.2, 0.25) is 0 Å². The molecule has 1 fully saturated rings. The van der Waals surface area contributed by atoms with Crippen LogP contribution in [0.4, 0.5) is 0 Å². The minimum Gasteiger partial charge on any atom is -0.386 e. The lowest BCUT2D eigenvalue weighted by Gasteiger charge is -2.35. The number of benzene rings is 1. The molecule has 6 nitrogen and oxygen atoms in total. The Hall–Kier alpha value is -2.12. The summed E-state index contributed by atoms with van der Waals surface area (Å²) in [5.74, 6) is -1.53. The van der Waals surface area contributed by atoms with Crippen LogP contribution in [-0.2, 0) is 14.9 Å².